The molecular formula is C19H19N5O3S. The third kappa shape index (κ3) is 3.89. The summed E-state index contributed by atoms with van der Waals surface area (Å²) in [6, 6.07) is 7.66. The molecule has 8 nitrogen and oxygen atoms in total. The van der Waals surface area contributed by atoms with Crippen LogP contribution in [0.4, 0.5) is 9.93 Å². The van der Waals surface area contributed by atoms with Crippen LogP contribution in [0.5, 0.6) is 0 Å². The number of amides is 2. The summed E-state index contributed by atoms with van der Waals surface area (Å²) < 4.78 is 6.57. The first-order valence-electron chi connectivity index (χ1n) is 8.80. The molecule has 0 unspecified atom stereocenters. The summed E-state index contributed by atoms with van der Waals surface area (Å²) in [7, 11) is 1.31. The lowest BCUT2D eigenvalue weighted by Crippen LogP contribution is -2.35. The molecule has 2 aromatic heterocycles. The number of anilines is 1. The number of rotatable bonds is 4. The summed E-state index contributed by atoms with van der Waals surface area (Å²) in [5, 5.41) is 3.08. The third-order valence-corrected chi connectivity index (χ3v) is 5.54. The third-order valence-electron chi connectivity index (χ3n) is 4.54. The molecule has 1 aliphatic heterocycles. The van der Waals surface area contributed by atoms with Gasteiger partial charge in [0, 0.05) is 42.3 Å². The quantitative estimate of drug-likeness (QED) is 0.731. The molecule has 0 bridgehead atoms. The molecule has 9 heteroatoms. The molecule has 0 aliphatic carbocycles. The number of carbonyl (C=O) groups excluding carboxylic acids is 2. The number of nitrogens with zero attached hydrogens (tertiary/aromatic N) is 4. The second kappa shape index (κ2) is 7.81. The molecule has 0 radical (unpaired) electrons. The van der Waals surface area contributed by atoms with Crippen molar-refractivity contribution in [2.75, 3.05) is 19.0 Å². The highest BCUT2D eigenvalue weighted by molar-refractivity contribution is 7.15. The molecule has 3 aromatic rings. The smallest absolute Gasteiger partial charge is 0.413 e. The Labute approximate surface area is 165 Å². The Morgan fingerprint density at radius 1 is 1.29 bits per heavy atom. The minimum atomic E-state index is -0.546. The fourth-order valence-corrected chi connectivity index (χ4v) is 4.10. The maximum Gasteiger partial charge on any atom is 0.413 e. The first-order valence-corrected chi connectivity index (χ1v) is 9.61. The molecule has 28 heavy (non-hydrogen) atoms. The predicted octanol–water partition coefficient (Wildman–Crippen LogP) is 2.76. The maximum absolute atomic E-state index is 12.9. The SMILES string of the molecule is COC(=O)Nc1nc2c(s1)CN(C(=O)c1ccc(Cn3ccnc3)cc1)CC2. The highest BCUT2D eigenvalue weighted by Crippen LogP contribution is 2.29. The monoisotopic (exact) mass is 397 g/mol. The first-order chi connectivity index (χ1) is 13.6. The topological polar surface area (TPSA) is 89.4 Å². The second-order valence-corrected chi connectivity index (χ2v) is 7.50. The van der Waals surface area contributed by atoms with Crippen LogP contribution in [0.1, 0.15) is 26.5 Å². The number of methoxy groups -OCH3 is 1. The van der Waals surface area contributed by atoms with Crippen LogP contribution in [-0.2, 0) is 24.2 Å². The maximum atomic E-state index is 12.9. The van der Waals surface area contributed by atoms with Gasteiger partial charge in [-0.25, -0.2) is 14.8 Å². The zero-order valence-corrected chi connectivity index (χ0v) is 16.1. The van der Waals surface area contributed by atoms with Gasteiger partial charge in [0.2, 0.25) is 0 Å². The van der Waals surface area contributed by atoms with E-state index in [9.17, 15) is 9.59 Å². The van der Waals surface area contributed by atoms with Gasteiger partial charge in [0.1, 0.15) is 0 Å². The molecule has 3 heterocycles. The summed E-state index contributed by atoms with van der Waals surface area (Å²) in [5.74, 6) is -0.00397. The lowest BCUT2D eigenvalue weighted by molar-refractivity contribution is 0.0736. The van der Waals surface area contributed by atoms with E-state index < -0.39 is 6.09 Å². The fourth-order valence-electron chi connectivity index (χ4n) is 3.09. The van der Waals surface area contributed by atoms with Crippen molar-refractivity contribution in [1.29, 1.82) is 0 Å². The van der Waals surface area contributed by atoms with E-state index in [1.54, 1.807) is 12.5 Å². The Bertz CT molecular complexity index is 982. The molecule has 0 spiro atoms. The summed E-state index contributed by atoms with van der Waals surface area (Å²) in [6.45, 7) is 1.81. The molecule has 2 amide bonds. The number of nitrogens with one attached hydrogen (secondary N) is 1. The summed E-state index contributed by atoms with van der Waals surface area (Å²) >= 11 is 1.37. The van der Waals surface area contributed by atoms with Gasteiger partial charge in [-0.1, -0.05) is 23.5 Å². The van der Waals surface area contributed by atoms with Crippen LogP contribution in [0.25, 0.3) is 0 Å². The van der Waals surface area contributed by atoms with E-state index in [1.165, 1.54) is 18.4 Å². The number of thiazole rings is 1. The molecule has 4 rings (SSSR count). The molecule has 0 fully saturated rings. The number of fused-ring (bicyclic) bond motifs is 1. The molecule has 144 valence electrons. The number of benzene rings is 1. The van der Waals surface area contributed by atoms with Crippen molar-refractivity contribution in [1.82, 2.24) is 19.4 Å². The Balaban J connectivity index is 1.42. The zero-order valence-electron chi connectivity index (χ0n) is 15.3. The van der Waals surface area contributed by atoms with Crippen molar-refractivity contribution in [3.63, 3.8) is 0 Å². The second-order valence-electron chi connectivity index (χ2n) is 6.41. The highest BCUT2D eigenvalue weighted by Gasteiger charge is 2.25. The van der Waals surface area contributed by atoms with Crippen molar-refractivity contribution in [3.05, 3.63) is 64.7 Å². The van der Waals surface area contributed by atoms with Gasteiger partial charge >= 0.3 is 6.09 Å². The van der Waals surface area contributed by atoms with Gasteiger partial charge in [0.25, 0.3) is 5.91 Å². The average Bonchev–Trinajstić information content (AvgIpc) is 3.36. The van der Waals surface area contributed by atoms with Crippen LogP contribution >= 0.6 is 11.3 Å². The summed E-state index contributed by atoms with van der Waals surface area (Å²) in [5.41, 5.74) is 2.70. The minimum absolute atomic E-state index is 0.00397. The number of hydrogen-bond acceptors (Lipinski definition) is 6. The zero-order chi connectivity index (χ0) is 19.5. The number of hydrogen-bond donors (Lipinski definition) is 1. The van der Waals surface area contributed by atoms with Gasteiger partial charge in [-0.2, -0.15) is 0 Å². The molecule has 1 aliphatic rings. The van der Waals surface area contributed by atoms with Gasteiger partial charge in [-0.3, -0.25) is 10.1 Å². The minimum Gasteiger partial charge on any atom is -0.453 e. The van der Waals surface area contributed by atoms with Crippen molar-refractivity contribution in [2.45, 2.75) is 19.5 Å². The van der Waals surface area contributed by atoms with Crippen LogP contribution in [0, 0.1) is 0 Å². The number of aromatic nitrogens is 3. The first kappa shape index (κ1) is 18.2. The van der Waals surface area contributed by atoms with Crippen molar-refractivity contribution < 1.29 is 14.3 Å². The van der Waals surface area contributed by atoms with E-state index in [1.807, 2.05) is 39.9 Å². The Morgan fingerprint density at radius 3 is 2.82 bits per heavy atom. The van der Waals surface area contributed by atoms with Gasteiger partial charge in [0.05, 0.1) is 25.7 Å². The van der Waals surface area contributed by atoms with Crippen LogP contribution < -0.4 is 5.32 Å². The van der Waals surface area contributed by atoms with E-state index in [0.29, 0.717) is 30.2 Å². The Morgan fingerprint density at radius 2 is 2.11 bits per heavy atom. The molecule has 0 atom stereocenters. The lowest BCUT2D eigenvalue weighted by Gasteiger charge is -2.26. The van der Waals surface area contributed by atoms with Crippen LogP contribution in [0.2, 0.25) is 0 Å². The normalized spacial score (nSPS) is 13.1. The van der Waals surface area contributed by atoms with Crippen LogP contribution in [-0.4, -0.2) is 45.1 Å². The number of ether oxygens (including phenoxy) is 1. The molecule has 0 saturated carbocycles. The van der Waals surface area contributed by atoms with Gasteiger partial charge in [0.15, 0.2) is 5.13 Å². The van der Waals surface area contributed by atoms with Crippen LogP contribution in [0.3, 0.4) is 0 Å². The Kier molecular flexibility index (Phi) is 5.07. The fraction of sp³-hybridized carbons (Fsp3) is 0.263. The van der Waals surface area contributed by atoms with Crippen LogP contribution in [0.15, 0.2) is 43.0 Å². The molecule has 0 saturated heterocycles. The van der Waals surface area contributed by atoms with E-state index in [2.05, 4.69) is 20.0 Å². The van der Waals surface area contributed by atoms with E-state index >= 15 is 0 Å². The van der Waals surface area contributed by atoms with Gasteiger partial charge < -0.3 is 14.2 Å². The molecular weight excluding hydrogens is 378 g/mol. The van der Waals surface area contributed by atoms with Gasteiger partial charge in [-0.05, 0) is 17.7 Å². The average molecular weight is 397 g/mol. The Hall–Kier alpha value is -3.20. The van der Waals surface area contributed by atoms with E-state index in [4.69, 9.17) is 0 Å². The number of imidazole rings is 1. The number of carbonyl (C=O) groups is 2. The van der Waals surface area contributed by atoms with E-state index in [-0.39, 0.29) is 5.91 Å². The largest absolute Gasteiger partial charge is 0.453 e. The lowest BCUT2D eigenvalue weighted by atomic mass is 10.1. The van der Waals surface area contributed by atoms with Gasteiger partial charge in [-0.15, -0.1) is 0 Å². The summed E-state index contributed by atoms with van der Waals surface area (Å²) in [6.07, 6.45) is 5.54. The predicted molar refractivity (Wildman–Crippen MR) is 104 cm³/mol. The molecule has 1 N–H and O–H groups in total. The van der Waals surface area contributed by atoms with E-state index in [0.717, 1.165) is 22.7 Å². The van der Waals surface area contributed by atoms with Crippen molar-refractivity contribution >= 4 is 28.5 Å². The summed E-state index contributed by atoms with van der Waals surface area (Å²) in [4.78, 5) is 35.5. The van der Waals surface area contributed by atoms with Crippen molar-refractivity contribution in [2.24, 2.45) is 0 Å². The molecule has 1 aromatic carbocycles. The highest BCUT2D eigenvalue weighted by atomic mass is 32.1. The standard InChI is InChI=1S/C19H19N5O3S/c1-27-19(26)22-18-21-15-6-8-24(11-16(15)28-18)17(25)14-4-2-13(3-5-14)10-23-9-7-20-12-23/h2-5,7,9,12H,6,8,10-11H2,1H3,(H,21,22,26). The van der Waals surface area contributed by atoms with Crippen molar-refractivity contribution in [3.8, 4) is 0 Å².